The molecule has 8 heteroatoms. The third-order valence-electron chi connectivity index (χ3n) is 6.87. The number of aromatic amines is 2. The van der Waals surface area contributed by atoms with Crippen LogP contribution in [0.25, 0.3) is 0 Å². The maximum absolute atomic E-state index is 13.0. The fraction of sp³-hybridized carbons (Fsp3) is 0.778. The van der Waals surface area contributed by atoms with E-state index in [-0.39, 0.29) is 22.0 Å². The van der Waals surface area contributed by atoms with Gasteiger partial charge in [-0.25, -0.2) is 17.9 Å². The number of hydrogen-bond acceptors (Lipinski definition) is 4. The summed E-state index contributed by atoms with van der Waals surface area (Å²) in [5, 5.41) is 0. The molecule has 0 aromatic carbocycles. The molecule has 26 heavy (non-hydrogen) atoms. The minimum absolute atomic E-state index is 0.0133. The molecule has 4 aliphatic carbocycles. The minimum atomic E-state index is -4.01. The number of sulfonamides is 1. The molecule has 0 amide bonds. The Morgan fingerprint density at radius 2 is 1.62 bits per heavy atom. The summed E-state index contributed by atoms with van der Waals surface area (Å²) in [6.07, 6.45) is 7.83. The van der Waals surface area contributed by atoms with E-state index in [1.54, 1.807) is 0 Å². The first-order chi connectivity index (χ1) is 12.2. The standard InChI is InChI=1S/C18H27N3O4S/c1-3-14(18-7-11-4-12(8-18)6-13(5-11)9-18)21-26(24,25)15-10(2)19-17(23)20-16(15)22/h11-14,21H,3-9H2,1-2H3,(H2,19,20,22,23)/t11?,12?,13?,14-,18?/m0/s1. The molecule has 144 valence electrons. The molecule has 0 radical (unpaired) electrons. The molecular weight excluding hydrogens is 354 g/mol. The highest BCUT2D eigenvalue weighted by Gasteiger charge is 2.54. The summed E-state index contributed by atoms with van der Waals surface area (Å²) in [7, 11) is -4.01. The molecule has 5 rings (SSSR count). The van der Waals surface area contributed by atoms with E-state index in [1.807, 2.05) is 11.9 Å². The van der Waals surface area contributed by atoms with E-state index < -0.39 is 21.3 Å². The van der Waals surface area contributed by atoms with Gasteiger partial charge in [0.15, 0.2) is 4.90 Å². The zero-order chi connectivity index (χ0) is 18.7. The maximum atomic E-state index is 13.0. The third kappa shape index (κ3) is 2.87. The van der Waals surface area contributed by atoms with Gasteiger partial charge in [0, 0.05) is 11.7 Å². The van der Waals surface area contributed by atoms with Crippen LogP contribution in [0.15, 0.2) is 14.5 Å². The monoisotopic (exact) mass is 381 g/mol. The quantitative estimate of drug-likeness (QED) is 0.720. The highest BCUT2D eigenvalue weighted by molar-refractivity contribution is 7.89. The topological polar surface area (TPSA) is 112 Å². The molecular formula is C18H27N3O4S. The van der Waals surface area contributed by atoms with Crippen LogP contribution in [0, 0.1) is 30.1 Å². The highest BCUT2D eigenvalue weighted by Crippen LogP contribution is 2.61. The van der Waals surface area contributed by atoms with E-state index in [0.717, 1.165) is 37.0 Å². The van der Waals surface area contributed by atoms with Gasteiger partial charge in [-0.1, -0.05) is 6.92 Å². The van der Waals surface area contributed by atoms with E-state index >= 15 is 0 Å². The lowest BCUT2D eigenvalue weighted by molar-refractivity contribution is -0.0704. The molecule has 1 aromatic heterocycles. The molecule has 0 unspecified atom stereocenters. The maximum Gasteiger partial charge on any atom is 0.325 e. The summed E-state index contributed by atoms with van der Waals surface area (Å²) in [6, 6.07) is -0.174. The Balaban J connectivity index is 1.67. The fourth-order valence-corrected chi connectivity index (χ4v) is 8.06. The molecule has 4 aliphatic rings. The average molecular weight is 381 g/mol. The van der Waals surface area contributed by atoms with Crippen molar-refractivity contribution in [1.29, 1.82) is 0 Å². The summed E-state index contributed by atoms with van der Waals surface area (Å²) < 4.78 is 28.8. The van der Waals surface area contributed by atoms with E-state index in [1.165, 1.54) is 26.2 Å². The summed E-state index contributed by atoms with van der Waals surface area (Å²) in [4.78, 5) is 27.5. The van der Waals surface area contributed by atoms with Crippen LogP contribution in [0.1, 0.15) is 57.6 Å². The molecule has 4 fully saturated rings. The number of aryl methyl sites for hydroxylation is 1. The van der Waals surface area contributed by atoms with Crippen LogP contribution < -0.4 is 16.0 Å². The minimum Gasteiger partial charge on any atom is -0.310 e. The molecule has 4 bridgehead atoms. The molecule has 0 saturated heterocycles. The van der Waals surface area contributed by atoms with Gasteiger partial charge in [0.2, 0.25) is 10.0 Å². The lowest BCUT2D eigenvalue weighted by Crippen LogP contribution is -2.57. The van der Waals surface area contributed by atoms with Crippen LogP contribution >= 0.6 is 0 Å². The van der Waals surface area contributed by atoms with Gasteiger partial charge in [0.1, 0.15) is 0 Å². The van der Waals surface area contributed by atoms with Crippen molar-refractivity contribution in [3.8, 4) is 0 Å². The van der Waals surface area contributed by atoms with Crippen LogP contribution in [0.3, 0.4) is 0 Å². The second-order valence-corrected chi connectivity index (χ2v) is 10.4. The number of nitrogens with one attached hydrogen (secondary N) is 3. The van der Waals surface area contributed by atoms with Crippen molar-refractivity contribution >= 4 is 10.0 Å². The van der Waals surface area contributed by atoms with Crippen LogP contribution in [0.5, 0.6) is 0 Å². The van der Waals surface area contributed by atoms with Crippen LogP contribution in [-0.2, 0) is 10.0 Å². The van der Waals surface area contributed by atoms with Gasteiger partial charge in [-0.2, -0.15) is 0 Å². The van der Waals surface area contributed by atoms with Crippen molar-refractivity contribution in [1.82, 2.24) is 14.7 Å². The zero-order valence-electron chi connectivity index (χ0n) is 15.3. The number of hydrogen-bond donors (Lipinski definition) is 3. The molecule has 7 nitrogen and oxygen atoms in total. The summed E-state index contributed by atoms with van der Waals surface area (Å²) in [5.41, 5.74) is -1.47. The van der Waals surface area contributed by atoms with Crippen molar-refractivity contribution in [3.63, 3.8) is 0 Å². The van der Waals surface area contributed by atoms with Crippen LogP contribution in [-0.4, -0.2) is 24.4 Å². The molecule has 1 heterocycles. The van der Waals surface area contributed by atoms with Crippen molar-refractivity contribution in [3.05, 3.63) is 26.5 Å². The lowest BCUT2D eigenvalue weighted by Gasteiger charge is -2.59. The highest BCUT2D eigenvalue weighted by atomic mass is 32.2. The molecule has 1 aromatic rings. The Bertz CT molecular complexity index is 895. The van der Waals surface area contributed by atoms with Gasteiger partial charge >= 0.3 is 5.69 Å². The smallest absolute Gasteiger partial charge is 0.310 e. The predicted octanol–water partition coefficient (Wildman–Crippen LogP) is 1.64. The van der Waals surface area contributed by atoms with E-state index in [9.17, 15) is 18.0 Å². The first-order valence-electron chi connectivity index (χ1n) is 9.58. The van der Waals surface area contributed by atoms with Gasteiger partial charge in [-0.05, 0) is 75.0 Å². The largest absolute Gasteiger partial charge is 0.325 e. The van der Waals surface area contributed by atoms with Crippen LogP contribution in [0.4, 0.5) is 0 Å². The predicted molar refractivity (Wildman–Crippen MR) is 97.4 cm³/mol. The van der Waals surface area contributed by atoms with Crippen molar-refractivity contribution in [2.75, 3.05) is 0 Å². The van der Waals surface area contributed by atoms with Crippen LogP contribution in [0.2, 0.25) is 0 Å². The molecule has 3 N–H and O–H groups in total. The normalized spacial score (nSPS) is 34.2. The molecule has 4 saturated carbocycles. The Hall–Kier alpha value is -1.41. The van der Waals surface area contributed by atoms with Gasteiger partial charge in [0.05, 0.1) is 0 Å². The SMILES string of the molecule is CC[C@H](NS(=O)(=O)c1c(C)[nH]c(=O)[nH]c1=O)C12CC3CC(CC(C3)C1)C2. The third-order valence-corrected chi connectivity index (χ3v) is 8.50. The summed E-state index contributed by atoms with van der Waals surface area (Å²) >= 11 is 0. The first kappa shape index (κ1) is 18.0. The lowest BCUT2D eigenvalue weighted by atomic mass is 9.47. The second kappa shape index (κ2) is 6.05. The first-order valence-corrected chi connectivity index (χ1v) is 11.1. The molecule has 0 spiro atoms. The van der Waals surface area contributed by atoms with Gasteiger partial charge in [-0.3, -0.25) is 9.78 Å². The van der Waals surface area contributed by atoms with Gasteiger partial charge < -0.3 is 4.98 Å². The van der Waals surface area contributed by atoms with E-state index in [2.05, 4.69) is 9.71 Å². The Morgan fingerprint density at radius 3 is 2.08 bits per heavy atom. The Labute approximate surface area is 153 Å². The zero-order valence-corrected chi connectivity index (χ0v) is 16.1. The van der Waals surface area contributed by atoms with Gasteiger partial charge in [-0.15, -0.1) is 0 Å². The summed E-state index contributed by atoms with van der Waals surface area (Å²) in [5.74, 6) is 2.16. The molecule has 0 aliphatic heterocycles. The number of aromatic nitrogens is 2. The van der Waals surface area contributed by atoms with Gasteiger partial charge in [0.25, 0.3) is 5.56 Å². The summed E-state index contributed by atoms with van der Waals surface area (Å²) in [6.45, 7) is 3.45. The van der Waals surface area contributed by atoms with E-state index in [0.29, 0.717) is 6.42 Å². The van der Waals surface area contributed by atoms with Crippen molar-refractivity contribution < 1.29 is 8.42 Å². The Morgan fingerprint density at radius 1 is 1.08 bits per heavy atom. The average Bonchev–Trinajstić information content (AvgIpc) is 2.49. The number of rotatable bonds is 5. The second-order valence-electron chi connectivity index (χ2n) is 8.72. The van der Waals surface area contributed by atoms with Crippen molar-refractivity contribution in [2.45, 2.75) is 69.7 Å². The fourth-order valence-electron chi connectivity index (χ4n) is 6.40. The van der Waals surface area contributed by atoms with Crippen molar-refractivity contribution in [2.24, 2.45) is 23.2 Å². The number of H-pyrrole nitrogens is 2. The Kier molecular flexibility index (Phi) is 4.19. The molecule has 1 atom stereocenters. The van der Waals surface area contributed by atoms with E-state index in [4.69, 9.17) is 0 Å².